The fourth-order valence-electron chi connectivity index (χ4n) is 1.25. The van der Waals surface area contributed by atoms with Gasteiger partial charge in [-0.15, -0.1) is 0 Å². The molecule has 0 spiro atoms. The highest BCUT2D eigenvalue weighted by Gasteiger charge is 2.26. The maximum atomic E-state index is 10.7. The lowest BCUT2D eigenvalue weighted by Gasteiger charge is -2.18. The number of aliphatic carboxylic acids is 1. The molecule has 0 radical (unpaired) electrons. The number of nitrogens with two attached hydrogens (primary N) is 1. The van der Waals surface area contributed by atoms with Gasteiger partial charge in [-0.1, -0.05) is 13.3 Å². The van der Waals surface area contributed by atoms with Gasteiger partial charge in [-0.25, -0.2) is 0 Å². The first-order valence-corrected chi connectivity index (χ1v) is 6.69. The molecule has 5 heteroatoms. The molecule has 96 valence electrons. The molecule has 2 atom stereocenters. The fourth-order valence-corrected chi connectivity index (χ4v) is 2.30. The molecule has 0 aliphatic heterocycles. The van der Waals surface area contributed by atoms with E-state index in [0.717, 1.165) is 25.0 Å². The van der Waals surface area contributed by atoms with Gasteiger partial charge in [-0.2, -0.15) is 11.8 Å². The van der Waals surface area contributed by atoms with E-state index in [2.05, 4.69) is 6.92 Å². The van der Waals surface area contributed by atoms with E-state index in [1.54, 1.807) is 6.92 Å². The van der Waals surface area contributed by atoms with Crippen molar-refractivity contribution >= 4 is 17.7 Å². The number of carbonyl (C=O) groups is 1. The van der Waals surface area contributed by atoms with Gasteiger partial charge in [0, 0.05) is 11.9 Å². The molecule has 0 aromatic rings. The Labute approximate surface area is 102 Å². The van der Waals surface area contributed by atoms with Gasteiger partial charge in [0.05, 0.1) is 0 Å². The Kier molecular flexibility index (Phi) is 7.80. The van der Waals surface area contributed by atoms with E-state index in [4.69, 9.17) is 15.9 Å². The zero-order valence-corrected chi connectivity index (χ0v) is 10.9. The van der Waals surface area contributed by atoms with Gasteiger partial charge in [0.25, 0.3) is 0 Å². The molecular formula is C11H23NO3S. The second-order valence-corrected chi connectivity index (χ2v) is 5.92. The van der Waals surface area contributed by atoms with Gasteiger partial charge in [-0.05, 0) is 31.9 Å². The Morgan fingerprint density at radius 1 is 1.50 bits per heavy atom. The van der Waals surface area contributed by atoms with E-state index < -0.39 is 11.5 Å². The van der Waals surface area contributed by atoms with Crippen LogP contribution in [0.3, 0.4) is 0 Å². The zero-order chi connectivity index (χ0) is 12.6. The van der Waals surface area contributed by atoms with Crippen LogP contribution in [0.2, 0.25) is 0 Å². The van der Waals surface area contributed by atoms with Crippen molar-refractivity contribution in [3.05, 3.63) is 0 Å². The number of hydrogen-bond donors (Lipinski definition) is 3. The minimum atomic E-state index is -1.10. The number of carboxylic acid groups (broad SMARTS) is 1. The highest BCUT2D eigenvalue weighted by molar-refractivity contribution is 7.99. The fraction of sp³-hybridized carbons (Fsp3) is 0.909. The van der Waals surface area contributed by atoms with Gasteiger partial charge < -0.3 is 15.9 Å². The third kappa shape index (κ3) is 7.09. The smallest absolute Gasteiger partial charge is 0.323 e. The van der Waals surface area contributed by atoms with Crippen LogP contribution in [0.1, 0.15) is 39.5 Å². The SMILES string of the molecule is CC(CCO)SCCCCC(C)(N)C(=O)O. The number of rotatable bonds is 9. The summed E-state index contributed by atoms with van der Waals surface area (Å²) in [5, 5.41) is 18.0. The second-order valence-electron chi connectivity index (χ2n) is 4.37. The van der Waals surface area contributed by atoms with Crippen molar-refractivity contribution in [3.63, 3.8) is 0 Å². The molecule has 2 unspecified atom stereocenters. The van der Waals surface area contributed by atoms with Crippen molar-refractivity contribution in [3.8, 4) is 0 Å². The van der Waals surface area contributed by atoms with Gasteiger partial charge in [0.15, 0.2) is 0 Å². The third-order valence-electron chi connectivity index (χ3n) is 2.52. The molecule has 0 aliphatic carbocycles. The molecule has 0 amide bonds. The second kappa shape index (κ2) is 7.92. The summed E-state index contributed by atoms with van der Waals surface area (Å²) in [7, 11) is 0. The Bertz CT molecular complexity index is 209. The zero-order valence-electron chi connectivity index (χ0n) is 10.1. The van der Waals surface area contributed by atoms with Gasteiger partial charge in [0.1, 0.15) is 5.54 Å². The summed E-state index contributed by atoms with van der Waals surface area (Å²) in [4.78, 5) is 10.7. The minimum absolute atomic E-state index is 0.230. The summed E-state index contributed by atoms with van der Waals surface area (Å²) < 4.78 is 0. The van der Waals surface area contributed by atoms with Crippen molar-refractivity contribution in [2.24, 2.45) is 5.73 Å². The molecule has 4 N–H and O–H groups in total. The number of aliphatic hydroxyl groups is 1. The van der Waals surface area contributed by atoms with E-state index >= 15 is 0 Å². The van der Waals surface area contributed by atoms with E-state index in [9.17, 15) is 4.79 Å². The first kappa shape index (κ1) is 15.7. The molecule has 0 heterocycles. The largest absolute Gasteiger partial charge is 0.480 e. The molecule has 0 aromatic heterocycles. The standard InChI is InChI=1S/C11H23NO3S/c1-9(5-7-13)16-8-4-3-6-11(2,12)10(14)15/h9,13H,3-8,12H2,1-2H3,(H,14,15). The average molecular weight is 249 g/mol. The van der Waals surface area contributed by atoms with Crippen molar-refractivity contribution in [1.29, 1.82) is 0 Å². The predicted octanol–water partition coefficient (Wildman–Crippen LogP) is 1.46. The highest BCUT2D eigenvalue weighted by Crippen LogP contribution is 2.18. The van der Waals surface area contributed by atoms with Gasteiger partial charge in [-0.3, -0.25) is 4.79 Å². The summed E-state index contributed by atoms with van der Waals surface area (Å²) in [5.41, 5.74) is 4.51. The van der Waals surface area contributed by atoms with Crippen LogP contribution < -0.4 is 5.73 Å². The summed E-state index contributed by atoms with van der Waals surface area (Å²) in [6.07, 6.45) is 3.13. The molecule has 4 nitrogen and oxygen atoms in total. The number of aliphatic hydroxyl groups excluding tert-OH is 1. The molecule has 0 saturated heterocycles. The van der Waals surface area contributed by atoms with Gasteiger partial charge >= 0.3 is 5.97 Å². The molecule has 0 fully saturated rings. The molecular weight excluding hydrogens is 226 g/mol. The lowest BCUT2D eigenvalue weighted by molar-refractivity contribution is -0.142. The van der Waals surface area contributed by atoms with E-state index in [-0.39, 0.29) is 6.61 Å². The Hall–Kier alpha value is -0.260. The lowest BCUT2D eigenvalue weighted by atomic mass is 9.97. The number of thioether (sulfide) groups is 1. The van der Waals surface area contributed by atoms with Crippen LogP contribution in [0.25, 0.3) is 0 Å². The van der Waals surface area contributed by atoms with Crippen LogP contribution in [-0.4, -0.2) is 39.3 Å². The van der Waals surface area contributed by atoms with E-state index in [0.29, 0.717) is 11.7 Å². The maximum Gasteiger partial charge on any atom is 0.323 e. The lowest BCUT2D eigenvalue weighted by Crippen LogP contribution is -2.44. The normalized spacial score (nSPS) is 16.8. The number of carboxylic acids is 1. The Morgan fingerprint density at radius 2 is 2.12 bits per heavy atom. The monoisotopic (exact) mass is 249 g/mol. The molecule has 0 aliphatic rings. The van der Waals surface area contributed by atoms with Crippen LogP contribution in [0.4, 0.5) is 0 Å². The van der Waals surface area contributed by atoms with Crippen molar-refractivity contribution in [1.82, 2.24) is 0 Å². The minimum Gasteiger partial charge on any atom is -0.480 e. The van der Waals surface area contributed by atoms with Crippen LogP contribution in [0, 0.1) is 0 Å². The molecule has 0 aromatic carbocycles. The quantitative estimate of drug-likeness (QED) is 0.539. The van der Waals surface area contributed by atoms with Crippen LogP contribution in [-0.2, 0) is 4.79 Å². The number of hydrogen-bond acceptors (Lipinski definition) is 4. The summed E-state index contributed by atoms with van der Waals surface area (Å²) in [6.45, 7) is 3.87. The van der Waals surface area contributed by atoms with Crippen molar-refractivity contribution < 1.29 is 15.0 Å². The summed E-state index contributed by atoms with van der Waals surface area (Å²) in [6, 6.07) is 0. The first-order valence-electron chi connectivity index (χ1n) is 5.65. The first-order chi connectivity index (χ1) is 7.40. The Balaban J connectivity index is 3.50. The summed E-state index contributed by atoms with van der Waals surface area (Å²) >= 11 is 1.81. The van der Waals surface area contributed by atoms with E-state index in [1.165, 1.54) is 0 Å². The molecule has 0 bridgehead atoms. The van der Waals surface area contributed by atoms with E-state index in [1.807, 2.05) is 11.8 Å². The van der Waals surface area contributed by atoms with Crippen LogP contribution >= 0.6 is 11.8 Å². The number of unbranched alkanes of at least 4 members (excludes halogenated alkanes) is 1. The highest BCUT2D eigenvalue weighted by atomic mass is 32.2. The Morgan fingerprint density at radius 3 is 2.62 bits per heavy atom. The predicted molar refractivity (Wildman–Crippen MR) is 67.7 cm³/mol. The summed E-state index contributed by atoms with van der Waals surface area (Å²) in [5.74, 6) is 0.0606. The topological polar surface area (TPSA) is 83.5 Å². The maximum absolute atomic E-state index is 10.7. The third-order valence-corrected chi connectivity index (χ3v) is 3.85. The molecule has 16 heavy (non-hydrogen) atoms. The average Bonchev–Trinajstić information content (AvgIpc) is 2.17. The molecule has 0 rings (SSSR count). The van der Waals surface area contributed by atoms with Crippen LogP contribution in [0.5, 0.6) is 0 Å². The van der Waals surface area contributed by atoms with Crippen LogP contribution in [0.15, 0.2) is 0 Å². The van der Waals surface area contributed by atoms with Crippen molar-refractivity contribution in [2.45, 2.75) is 50.3 Å². The van der Waals surface area contributed by atoms with Crippen molar-refractivity contribution in [2.75, 3.05) is 12.4 Å². The van der Waals surface area contributed by atoms with Gasteiger partial charge in [0.2, 0.25) is 0 Å². The molecule has 0 saturated carbocycles.